The predicted molar refractivity (Wildman–Crippen MR) is 73.4 cm³/mol. The molecule has 0 aromatic heterocycles. The van der Waals surface area contributed by atoms with Crippen LogP contribution in [-0.4, -0.2) is 30.7 Å². The van der Waals surface area contributed by atoms with Gasteiger partial charge in [-0.15, -0.1) is 0 Å². The van der Waals surface area contributed by atoms with Crippen molar-refractivity contribution in [1.82, 2.24) is 4.90 Å². The first kappa shape index (κ1) is 14.4. The summed E-state index contributed by atoms with van der Waals surface area (Å²) < 4.78 is 0. The minimum atomic E-state index is -0.0457. The Morgan fingerprint density at radius 3 is 1.61 bits per heavy atom. The molecule has 0 spiro atoms. The summed E-state index contributed by atoms with van der Waals surface area (Å²) in [7, 11) is 3.45. The summed E-state index contributed by atoms with van der Waals surface area (Å²) in [5, 5.41) is 0. The van der Waals surface area contributed by atoms with E-state index in [2.05, 4.69) is 0 Å². The highest BCUT2D eigenvalue weighted by molar-refractivity contribution is 6.04. The number of hydrogen-bond acceptors (Lipinski definition) is 2. The van der Waals surface area contributed by atoms with Gasteiger partial charge in [0, 0.05) is 25.2 Å². The van der Waals surface area contributed by atoms with Crippen molar-refractivity contribution < 1.29 is 9.59 Å². The molecule has 0 unspecified atom stereocenters. The van der Waals surface area contributed by atoms with Crippen LogP contribution in [0.25, 0.3) is 0 Å². The average Bonchev–Trinajstić information content (AvgIpc) is 2.25. The Balaban J connectivity index is 3.73. The lowest BCUT2D eigenvalue weighted by Crippen LogP contribution is -2.25. The second-order valence-corrected chi connectivity index (χ2v) is 5.01. The van der Waals surface area contributed by atoms with E-state index in [1.54, 1.807) is 25.9 Å². The Morgan fingerprint density at radius 1 is 0.778 bits per heavy atom. The molecule has 1 aromatic carbocycles. The van der Waals surface area contributed by atoms with Gasteiger partial charge in [0.05, 0.1) is 0 Å². The molecule has 1 aromatic rings. The molecule has 0 saturated carbocycles. The van der Waals surface area contributed by atoms with Crippen LogP contribution in [0.5, 0.6) is 0 Å². The van der Waals surface area contributed by atoms with E-state index in [1.165, 1.54) is 0 Å². The normalized spacial score (nSPS) is 10.4. The van der Waals surface area contributed by atoms with E-state index in [9.17, 15) is 9.59 Å². The molecule has 0 radical (unpaired) electrons. The molecule has 0 atom stereocenters. The number of rotatable bonds is 2. The van der Waals surface area contributed by atoms with E-state index in [1.807, 2.05) is 27.7 Å². The maximum Gasteiger partial charge on any atom is 0.253 e. The number of carbonyl (C=O) groups excluding carboxylic acids is 2. The van der Waals surface area contributed by atoms with E-state index in [4.69, 9.17) is 0 Å². The van der Waals surface area contributed by atoms with Crippen LogP contribution in [0.1, 0.15) is 49.9 Å². The van der Waals surface area contributed by atoms with E-state index < -0.39 is 0 Å². The van der Waals surface area contributed by atoms with Crippen LogP contribution in [-0.2, 0) is 0 Å². The second kappa shape index (κ2) is 4.92. The third kappa shape index (κ3) is 2.17. The van der Waals surface area contributed by atoms with E-state index in [-0.39, 0.29) is 11.7 Å². The zero-order valence-electron chi connectivity index (χ0n) is 12.3. The first-order valence-corrected chi connectivity index (χ1v) is 6.03. The van der Waals surface area contributed by atoms with Crippen molar-refractivity contribution in [2.75, 3.05) is 14.1 Å². The van der Waals surface area contributed by atoms with Gasteiger partial charge in [0.2, 0.25) is 0 Å². The largest absolute Gasteiger partial charge is 0.345 e. The van der Waals surface area contributed by atoms with Gasteiger partial charge in [0.15, 0.2) is 5.78 Å². The summed E-state index contributed by atoms with van der Waals surface area (Å²) in [6.07, 6.45) is 0. The van der Waals surface area contributed by atoms with Crippen molar-refractivity contribution >= 4 is 11.7 Å². The van der Waals surface area contributed by atoms with Gasteiger partial charge in [-0.3, -0.25) is 9.59 Å². The highest BCUT2D eigenvalue weighted by Gasteiger charge is 2.22. The van der Waals surface area contributed by atoms with Gasteiger partial charge in [-0.25, -0.2) is 0 Å². The Labute approximate surface area is 109 Å². The van der Waals surface area contributed by atoms with Crippen LogP contribution in [0.4, 0.5) is 0 Å². The summed E-state index contributed by atoms with van der Waals surface area (Å²) in [5.74, 6) is -0.0310. The molecule has 18 heavy (non-hydrogen) atoms. The van der Waals surface area contributed by atoms with Crippen LogP contribution in [0, 0.1) is 27.7 Å². The third-order valence-corrected chi connectivity index (χ3v) is 3.60. The predicted octanol–water partition coefficient (Wildman–Crippen LogP) is 2.82. The van der Waals surface area contributed by atoms with Gasteiger partial charge in [0.1, 0.15) is 0 Å². The van der Waals surface area contributed by atoms with Crippen molar-refractivity contribution in [3.8, 4) is 0 Å². The van der Waals surface area contributed by atoms with Crippen LogP contribution in [0.15, 0.2) is 0 Å². The monoisotopic (exact) mass is 247 g/mol. The number of carbonyl (C=O) groups is 2. The molecule has 0 aliphatic heterocycles. The van der Waals surface area contributed by atoms with Crippen LogP contribution >= 0.6 is 0 Å². The lowest BCUT2D eigenvalue weighted by atomic mass is 9.87. The average molecular weight is 247 g/mol. The van der Waals surface area contributed by atoms with Crippen LogP contribution < -0.4 is 0 Å². The van der Waals surface area contributed by atoms with Gasteiger partial charge in [-0.2, -0.15) is 0 Å². The van der Waals surface area contributed by atoms with E-state index in [0.717, 1.165) is 22.3 Å². The summed E-state index contributed by atoms with van der Waals surface area (Å²) in [6, 6.07) is 0. The van der Waals surface area contributed by atoms with Gasteiger partial charge in [-0.1, -0.05) is 0 Å². The minimum absolute atomic E-state index is 0.0147. The van der Waals surface area contributed by atoms with Crippen molar-refractivity contribution in [3.63, 3.8) is 0 Å². The molecule has 0 saturated heterocycles. The smallest absolute Gasteiger partial charge is 0.253 e. The van der Waals surface area contributed by atoms with Crippen LogP contribution in [0.2, 0.25) is 0 Å². The fraction of sp³-hybridized carbons (Fsp3) is 0.467. The van der Waals surface area contributed by atoms with Crippen molar-refractivity contribution in [2.45, 2.75) is 34.6 Å². The topological polar surface area (TPSA) is 37.4 Å². The molecule has 0 aliphatic rings. The number of Topliss-reactive ketones (excluding diaryl/α,β-unsaturated/α-hetero) is 1. The molecule has 98 valence electrons. The number of benzene rings is 1. The summed E-state index contributed by atoms with van der Waals surface area (Å²) >= 11 is 0. The number of ketones is 1. The lowest BCUT2D eigenvalue weighted by molar-refractivity contribution is 0.0826. The zero-order valence-corrected chi connectivity index (χ0v) is 12.3. The molecular formula is C15H21NO2. The standard InChI is InChI=1S/C15H21NO2/c1-8-9(2)13(12(5)17)11(4)14(10(8)3)15(18)16(6)7/h1-7H3. The Kier molecular flexibility index (Phi) is 3.95. The van der Waals surface area contributed by atoms with Gasteiger partial charge in [-0.05, 0) is 56.9 Å². The molecule has 0 fully saturated rings. The Bertz CT molecular complexity index is 528. The van der Waals surface area contributed by atoms with Crippen LogP contribution in [0.3, 0.4) is 0 Å². The Hall–Kier alpha value is -1.64. The molecule has 3 nitrogen and oxygen atoms in total. The molecule has 1 amide bonds. The SMILES string of the molecule is CC(=O)c1c(C)c(C)c(C)c(C(=O)N(C)C)c1C. The first-order valence-electron chi connectivity index (χ1n) is 6.03. The summed E-state index contributed by atoms with van der Waals surface area (Å²) in [4.78, 5) is 25.6. The summed E-state index contributed by atoms with van der Waals surface area (Å²) in [5.41, 5.74) is 5.11. The zero-order chi connectivity index (χ0) is 14.2. The van der Waals surface area contributed by atoms with E-state index in [0.29, 0.717) is 11.1 Å². The van der Waals surface area contributed by atoms with Gasteiger partial charge >= 0.3 is 0 Å². The summed E-state index contributed by atoms with van der Waals surface area (Å²) in [6.45, 7) is 9.25. The number of hydrogen-bond donors (Lipinski definition) is 0. The quantitative estimate of drug-likeness (QED) is 0.754. The minimum Gasteiger partial charge on any atom is -0.345 e. The highest BCUT2D eigenvalue weighted by Crippen LogP contribution is 2.27. The maximum atomic E-state index is 12.2. The maximum absolute atomic E-state index is 12.2. The molecule has 0 aliphatic carbocycles. The molecule has 0 heterocycles. The lowest BCUT2D eigenvalue weighted by Gasteiger charge is -2.21. The second-order valence-electron chi connectivity index (χ2n) is 5.01. The van der Waals surface area contributed by atoms with Crippen molar-refractivity contribution in [2.24, 2.45) is 0 Å². The molecular weight excluding hydrogens is 226 g/mol. The molecule has 0 bridgehead atoms. The van der Waals surface area contributed by atoms with Crippen molar-refractivity contribution in [3.05, 3.63) is 33.4 Å². The Morgan fingerprint density at radius 2 is 1.22 bits per heavy atom. The number of amides is 1. The molecule has 0 N–H and O–H groups in total. The van der Waals surface area contributed by atoms with Gasteiger partial charge in [0.25, 0.3) is 5.91 Å². The van der Waals surface area contributed by atoms with E-state index >= 15 is 0 Å². The molecule has 3 heteroatoms. The number of nitrogens with zero attached hydrogens (tertiary/aromatic N) is 1. The third-order valence-electron chi connectivity index (χ3n) is 3.60. The fourth-order valence-corrected chi connectivity index (χ4v) is 2.42. The first-order chi connectivity index (χ1) is 8.20. The fourth-order valence-electron chi connectivity index (χ4n) is 2.42. The van der Waals surface area contributed by atoms with Crippen molar-refractivity contribution in [1.29, 1.82) is 0 Å². The molecule has 1 rings (SSSR count). The van der Waals surface area contributed by atoms with Gasteiger partial charge < -0.3 is 4.90 Å². The highest BCUT2D eigenvalue weighted by atomic mass is 16.2.